The molecule has 0 fully saturated rings. The molecule has 1 rings (SSSR count). The standard InChI is InChI=1S/C19H28N4O8/c1-9(20)16(27)21-13(7-11-3-5-12(26)6-4-11)17(28)23-15(10(2)25)18(29)22-14(8-24)19(30)31/h3-6,9-10,13-15,24-26H,7-8,20H2,1-2H3,(H,21,27)(H,22,29)(H,23,28)(H,30,31). The van der Waals surface area contributed by atoms with Gasteiger partial charge in [0, 0.05) is 6.42 Å². The zero-order valence-corrected chi connectivity index (χ0v) is 17.1. The second-order valence-electron chi connectivity index (χ2n) is 7.03. The van der Waals surface area contributed by atoms with Crippen LogP contribution in [0.3, 0.4) is 0 Å². The number of carboxylic acid groups (broad SMARTS) is 1. The van der Waals surface area contributed by atoms with Gasteiger partial charge in [-0.3, -0.25) is 14.4 Å². The van der Waals surface area contributed by atoms with E-state index in [0.29, 0.717) is 5.56 Å². The Bertz CT molecular complexity index is 782. The van der Waals surface area contributed by atoms with E-state index in [0.717, 1.165) is 0 Å². The molecule has 0 aliphatic rings. The lowest BCUT2D eigenvalue weighted by atomic mass is 10.0. The molecule has 0 saturated heterocycles. The summed E-state index contributed by atoms with van der Waals surface area (Å²) in [6.07, 6.45) is -1.44. The van der Waals surface area contributed by atoms with Crippen molar-refractivity contribution in [2.45, 2.75) is 50.5 Å². The highest BCUT2D eigenvalue weighted by Gasteiger charge is 2.32. The fraction of sp³-hybridized carbons (Fsp3) is 0.474. The third kappa shape index (κ3) is 8.20. The zero-order valence-electron chi connectivity index (χ0n) is 17.1. The molecule has 172 valence electrons. The molecule has 0 aromatic heterocycles. The topological polar surface area (TPSA) is 211 Å². The summed E-state index contributed by atoms with van der Waals surface area (Å²) < 4.78 is 0. The molecule has 31 heavy (non-hydrogen) atoms. The summed E-state index contributed by atoms with van der Waals surface area (Å²) in [7, 11) is 0. The molecule has 0 saturated carbocycles. The summed E-state index contributed by atoms with van der Waals surface area (Å²) in [6, 6.07) is 0.551. The van der Waals surface area contributed by atoms with E-state index in [9.17, 15) is 29.4 Å². The Balaban J connectivity index is 3.03. The Hall–Kier alpha value is -3.22. The van der Waals surface area contributed by atoms with Gasteiger partial charge in [0.1, 0.15) is 23.9 Å². The molecule has 12 nitrogen and oxygen atoms in total. The van der Waals surface area contributed by atoms with Gasteiger partial charge in [0.15, 0.2) is 0 Å². The van der Waals surface area contributed by atoms with Gasteiger partial charge in [0.25, 0.3) is 0 Å². The van der Waals surface area contributed by atoms with Crippen LogP contribution in [0.5, 0.6) is 5.75 Å². The number of hydrogen-bond acceptors (Lipinski definition) is 8. The first-order valence-corrected chi connectivity index (χ1v) is 9.42. The zero-order chi connectivity index (χ0) is 23.7. The first kappa shape index (κ1) is 25.8. The molecular weight excluding hydrogens is 412 g/mol. The Labute approximate surface area is 178 Å². The molecule has 0 radical (unpaired) electrons. The highest BCUT2D eigenvalue weighted by Crippen LogP contribution is 2.12. The lowest BCUT2D eigenvalue weighted by Crippen LogP contribution is -2.60. The molecule has 0 spiro atoms. The number of rotatable bonds is 11. The summed E-state index contributed by atoms with van der Waals surface area (Å²) in [6.45, 7) is 1.72. The van der Waals surface area contributed by atoms with E-state index < -0.39 is 60.6 Å². The molecule has 12 heteroatoms. The quantitative estimate of drug-likeness (QED) is 0.178. The average molecular weight is 440 g/mol. The van der Waals surface area contributed by atoms with Gasteiger partial charge in [0.05, 0.1) is 18.8 Å². The Morgan fingerprint density at radius 2 is 1.48 bits per heavy atom. The van der Waals surface area contributed by atoms with Crippen LogP contribution >= 0.6 is 0 Å². The number of benzene rings is 1. The van der Waals surface area contributed by atoms with Crippen molar-refractivity contribution in [1.82, 2.24) is 16.0 Å². The fourth-order valence-electron chi connectivity index (χ4n) is 2.49. The van der Waals surface area contributed by atoms with Crippen LogP contribution in [-0.4, -0.2) is 81.0 Å². The monoisotopic (exact) mass is 440 g/mol. The lowest BCUT2D eigenvalue weighted by molar-refractivity contribution is -0.144. The second-order valence-corrected chi connectivity index (χ2v) is 7.03. The van der Waals surface area contributed by atoms with Crippen molar-refractivity contribution in [1.29, 1.82) is 0 Å². The highest BCUT2D eigenvalue weighted by atomic mass is 16.4. The van der Waals surface area contributed by atoms with Crippen molar-refractivity contribution in [3.8, 4) is 5.75 Å². The molecule has 9 N–H and O–H groups in total. The number of aliphatic hydroxyl groups excluding tert-OH is 2. The number of phenolic OH excluding ortho intramolecular Hbond substituents is 1. The second kappa shape index (κ2) is 11.8. The van der Waals surface area contributed by atoms with E-state index >= 15 is 0 Å². The van der Waals surface area contributed by atoms with Crippen LogP contribution < -0.4 is 21.7 Å². The maximum Gasteiger partial charge on any atom is 0.328 e. The minimum atomic E-state index is -1.63. The first-order valence-electron chi connectivity index (χ1n) is 9.42. The van der Waals surface area contributed by atoms with Crippen molar-refractivity contribution >= 4 is 23.7 Å². The van der Waals surface area contributed by atoms with Gasteiger partial charge in [0.2, 0.25) is 17.7 Å². The third-order valence-electron chi connectivity index (χ3n) is 4.28. The van der Waals surface area contributed by atoms with Crippen LogP contribution in [0, 0.1) is 0 Å². The van der Waals surface area contributed by atoms with Crippen molar-refractivity contribution in [3.05, 3.63) is 29.8 Å². The number of aliphatic hydroxyl groups is 2. The third-order valence-corrected chi connectivity index (χ3v) is 4.28. The maximum absolute atomic E-state index is 12.8. The van der Waals surface area contributed by atoms with Crippen LogP contribution in [0.25, 0.3) is 0 Å². The Kier molecular flexibility index (Phi) is 9.86. The van der Waals surface area contributed by atoms with Crippen molar-refractivity contribution in [2.75, 3.05) is 6.61 Å². The fourth-order valence-corrected chi connectivity index (χ4v) is 2.49. The molecule has 0 aliphatic carbocycles. The summed E-state index contributed by atoms with van der Waals surface area (Å²) >= 11 is 0. The van der Waals surface area contributed by atoms with Crippen LogP contribution in [0.15, 0.2) is 24.3 Å². The molecule has 1 aromatic carbocycles. The normalized spacial score (nSPS) is 15.6. The number of phenols is 1. The van der Waals surface area contributed by atoms with Crippen LogP contribution in [-0.2, 0) is 25.6 Å². The average Bonchev–Trinajstić information content (AvgIpc) is 2.70. The van der Waals surface area contributed by atoms with E-state index in [-0.39, 0.29) is 12.2 Å². The summed E-state index contributed by atoms with van der Waals surface area (Å²) in [5, 5.41) is 44.0. The summed E-state index contributed by atoms with van der Waals surface area (Å²) in [4.78, 5) is 48.2. The predicted molar refractivity (Wildman–Crippen MR) is 108 cm³/mol. The van der Waals surface area contributed by atoms with Crippen LogP contribution in [0.2, 0.25) is 0 Å². The number of nitrogens with one attached hydrogen (secondary N) is 3. The lowest BCUT2D eigenvalue weighted by Gasteiger charge is -2.26. The number of hydrogen-bond donors (Lipinski definition) is 8. The minimum Gasteiger partial charge on any atom is -0.508 e. The maximum atomic E-state index is 12.8. The number of carbonyl (C=O) groups excluding carboxylic acids is 3. The summed E-state index contributed by atoms with van der Waals surface area (Å²) in [5.74, 6) is -4.00. The molecule has 5 atom stereocenters. The summed E-state index contributed by atoms with van der Waals surface area (Å²) in [5.41, 5.74) is 6.11. The van der Waals surface area contributed by atoms with Gasteiger partial charge >= 0.3 is 5.97 Å². The van der Waals surface area contributed by atoms with Crippen molar-refractivity contribution in [3.63, 3.8) is 0 Å². The largest absolute Gasteiger partial charge is 0.508 e. The van der Waals surface area contributed by atoms with Gasteiger partial charge in [-0.05, 0) is 31.5 Å². The molecule has 3 amide bonds. The SMILES string of the molecule is CC(N)C(=O)NC(Cc1ccc(O)cc1)C(=O)NC(C(=O)NC(CO)C(=O)O)C(C)O. The van der Waals surface area contributed by atoms with Crippen molar-refractivity contribution < 1.29 is 39.6 Å². The molecular formula is C19H28N4O8. The van der Waals surface area contributed by atoms with Gasteiger partial charge in [-0.25, -0.2) is 4.79 Å². The minimum absolute atomic E-state index is 0.00655. The molecule has 0 bridgehead atoms. The van der Waals surface area contributed by atoms with E-state index in [2.05, 4.69) is 10.6 Å². The van der Waals surface area contributed by atoms with E-state index in [1.54, 1.807) is 0 Å². The number of aliphatic carboxylic acids is 1. The Morgan fingerprint density at radius 3 is 1.94 bits per heavy atom. The molecule has 5 unspecified atom stereocenters. The van der Waals surface area contributed by atoms with Gasteiger partial charge in [-0.2, -0.15) is 0 Å². The van der Waals surface area contributed by atoms with Gasteiger partial charge in [-0.1, -0.05) is 12.1 Å². The molecule has 1 aromatic rings. The Morgan fingerprint density at radius 1 is 0.935 bits per heavy atom. The number of nitrogens with two attached hydrogens (primary N) is 1. The number of aromatic hydroxyl groups is 1. The van der Waals surface area contributed by atoms with Gasteiger partial charge in [-0.15, -0.1) is 0 Å². The highest BCUT2D eigenvalue weighted by molar-refractivity contribution is 5.94. The van der Waals surface area contributed by atoms with Crippen molar-refractivity contribution in [2.24, 2.45) is 5.73 Å². The molecule has 0 heterocycles. The smallest absolute Gasteiger partial charge is 0.328 e. The number of carboxylic acids is 1. The van der Waals surface area contributed by atoms with Gasteiger partial charge < -0.3 is 42.1 Å². The van der Waals surface area contributed by atoms with Crippen LogP contribution in [0.4, 0.5) is 0 Å². The van der Waals surface area contributed by atoms with E-state index in [1.807, 2.05) is 5.32 Å². The number of amides is 3. The van der Waals surface area contributed by atoms with Crippen LogP contribution in [0.1, 0.15) is 19.4 Å². The van der Waals surface area contributed by atoms with E-state index in [4.69, 9.17) is 15.9 Å². The predicted octanol–water partition coefficient (Wildman–Crippen LogP) is -2.81. The molecule has 0 aliphatic heterocycles. The first-order chi connectivity index (χ1) is 14.5. The number of carbonyl (C=O) groups is 4. The van der Waals surface area contributed by atoms with E-state index in [1.165, 1.54) is 38.1 Å².